The van der Waals surface area contributed by atoms with Crippen molar-refractivity contribution in [2.45, 2.75) is 12.5 Å². The summed E-state index contributed by atoms with van der Waals surface area (Å²) in [5.74, 6) is -0.874. The van der Waals surface area contributed by atoms with E-state index in [4.69, 9.17) is 11.5 Å². The fraction of sp³-hybridized carbons (Fsp3) is 0.200. The van der Waals surface area contributed by atoms with Gasteiger partial charge < -0.3 is 16.2 Å². The predicted molar refractivity (Wildman–Crippen MR) is 53.7 cm³/mol. The molecule has 0 heterocycles. The second kappa shape index (κ2) is 4.10. The number of hydrogen-bond donors (Lipinski definition) is 2. The topological polar surface area (TPSA) is 95.4 Å². The van der Waals surface area contributed by atoms with E-state index in [1.165, 1.54) is 6.92 Å². The SMILES string of the molecule is CC(N)(C(=O)OC(N)=O)c1ccccc1. The van der Waals surface area contributed by atoms with Crippen LogP contribution in [0.3, 0.4) is 0 Å². The Bertz CT molecular complexity index is 374. The zero-order valence-electron chi connectivity index (χ0n) is 8.27. The minimum atomic E-state index is -1.38. The second-order valence-electron chi connectivity index (χ2n) is 3.28. The molecule has 0 saturated carbocycles. The highest BCUT2D eigenvalue weighted by molar-refractivity contribution is 5.90. The van der Waals surface area contributed by atoms with Crippen molar-refractivity contribution in [2.75, 3.05) is 0 Å². The van der Waals surface area contributed by atoms with Gasteiger partial charge in [0, 0.05) is 0 Å². The van der Waals surface area contributed by atoms with Crippen molar-refractivity contribution < 1.29 is 14.3 Å². The first-order valence-corrected chi connectivity index (χ1v) is 4.30. The Hall–Kier alpha value is -1.88. The molecule has 5 nitrogen and oxygen atoms in total. The van der Waals surface area contributed by atoms with Gasteiger partial charge in [0.1, 0.15) is 5.54 Å². The van der Waals surface area contributed by atoms with E-state index in [0.717, 1.165) is 0 Å². The molecule has 0 fully saturated rings. The third kappa shape index (κ3) is 2.54. The normalized spacial score (nSPS) is 14.0. The van der Waals surface area contributed by atoms with E-state index >= 15 is 0 Å². The zero-order valence-corrected chi connectivity index (χ0v) is 8.27. The molecule has 15 heavy (non-hydrogen) atoms. The average molecular weight is 208 g/mol. The molecule has 0 aliphatic carbocycles. The van der Waals surface area contributed by atoms with Crippen molar-refractivity contribution in [3.05, 3.63) is 35.9 Å². The number of primary amides is 1. The summed E-state index contributed by atoms with van der Waals surface area (Å²) in [4.78, 5) is 21.8. The maximum Gasteiger partial charge on any atom is 0.412 e. The summed E-state index contributed by atoms with van der Waals surface area (Å²) in [6.07, 6.45) is -1.16. The van der Waals surface area contributed by atoms with Crippen LogP contribution in [-0.4, -0.2) is 12.1 Å². The van der Waals surface area contributed by atoms with Crippen molar-refractivity contribution in [1.82, 2.24) is 0 Å². The fourth-order valence-electron chi connectivity index (χ4n) is 1.10. The summed E-state index contributed by atoms with van der Waals surface area (Å²) >= 11 is 0. The van der Waals surface area contributed by atoms with Crippen LogP contribution in [0.2, 0.25) is 0 Å². The van der Waals surface area contributed by atoms with Crippen molar-refractivity contribution >= 4 is 12.1 Å². The monoisotopic (exact) mass is 208 g/mol. The van der Waals surface area contributed by atoms with Crippen molar-refractivity contribution in [3.63, 3.8) is 0 Å². The Morgan fingerprint density at radius 3 is 2.27 bits per heavy atom. The van der Waals surface area contributed by atoms with Crippen LogP contribution in [0.25, 0.3) is 0 Å². The quantitative estimate of drug-likeness (QED) is 0.546. The highest BCUT2D eigenvalue weighted by Gasteiger charge is 2.33. The van der Waals surface area contributed by atoms with Crippen LogP contribution >= 0.6 is 0 Å². The van der Waals surface area contributed by atoms with Crippen LogP contribution in [0.15, 0.2) is 30.3 Å². The number of carbonyl (C=O) groups excluding carboxylic acids is 2. The van der Waals surface area contributed by atoms with Gasteiger partial charge in [0.05, 0.1) is 0 Å². The van der Waals surface area contributed by atoms with E-state index in [1.54, 1.807) is 30.3 Å². The number of ether oxygens (including phenoxy) is 1. The Kier molecular flexibility index (Phi) is 3.06. The summed E-state index contributed by atoms with van der Waals surface area (Å²) < 4.78 is 4.24. The summed E-state index contributed by atoms with van der Waals surface area (Å²) in [6.45, 7) is 1.45. The lowest BCUT2D eigenvalue weighted by atomic mass is 9.93. The summed E-state index contributed by atoms with van der Waals surface area (Å²) in [5.41, 5.74) is 9.65. The van der Waals surface area contributed by atoms with E-state index in [0.29, 0.717) is 5.56 Å². The maximum atomic E-state index is 11.4. The average Bonchev–Trinajstić information content (AvgIpc) is 2.18. The van der Waals surface area contributed by atoms with Gasteiger partial charge in [-0.1, -0.05) is 30.3 Å². The van der Waals surface area contributed by atoms with E-state index in [9.17, 15) is 9.59 Å². The van der Waals surface area contributed by atoms with Crippen molar-refractivity contribution in [2.24, 2.45) is 11.5 Å². The standard InChI is InChI=1S/C10H12N2O3/c1-10(12,8(13)15-9(11)14)7-5-3-2-4-6-7/h2-6H,12H2,1H3,(H2,11,14). The maximum absolute atomic E-state index is 11.4. The van der Waals surface area contributed by atoms with E-state index in [1.807, 2.05) is 0 Å². The second-order valence-corrected chi connectivity index (χ2v) is 3.28. The Labute approximate surface area is 87.0 Å². The van der Waals surface area contributed by atoms with Crippen LogP contribution < -0.4 is 11.5 Å². The van der Waals surface area contributed by atoms with Gasteiger partial charge >= 0.3 is 12.1 Å². The number of esters is 1. The molecule has 0 bridgehead atoms. The molecule has 1 aromatic carbocycles. The van der Waals surface area contributed by atoms with Crippen LogP contribution in [-0.2, 0) is 15.1 Å². The summed E-state index contributed by atoms with van der Waals surface area (Å²) in [6, 6.07) is 8.60. The van der Waals surface area contributed by atoms with Gasteiger partial charge in [0.25, 0.3) is 0 Å². The third-order valence-electron chi connectivity index (χ3n) is 1.99. The number of benzene rings is 1. The molecule has 1 rings (SSSR count). The number of nitrogens with two attached hydrogens (primary N) is 2. The van der Waals surface area contributed by atoms with Crippen LogP contribution in [0, 0.1) is 0 Å². The van der Waals surface area contributed by atoms with Gasteiger partial charge in [-0.2, -0.15) is 0 Å². The van der Waals surface area contributed by atoms with E-state index in [-0.39, 0.29) is 0 Å². The zero-order chi connectivity index (χ0) is 11.5. The molecule has 0 spiro atoms. The molecular weight excluding hydrogens is 196 g/mol. The van der Waals surface area contributed by atoms with E-state index < -0.39 is 17.6 Å². The highest BCUT2D eigenvalue weighted by atomic mass is 16.6. The fourth-order valence-corrected chi connectivity index (χ4v) is 1.10. The molecule has 5 heteroatoms. The smallest absolute Gasteiger partial charge is 0.375 e. The van der Waals surface area contributed by atoms with E-state index in [2.05, 4.69) is 4.74 Å². The Morgan fingerprint density at radius 2 is 1.80 bits per heavy atom. The predicted octanol–water partition coefficient (Wildman–Crippen LogP) is 0.482. The minimum absolute atomic E-state index is 0.552. The number of carbonyl (C=O) groups is 2. The number of amides is 1. The first kappa shape index (κ1) is 11.2. The molecule has 0 radical (unpaired) electrons. The van der Waals surface area contributed by atoms with Crippen molar-refractivity contribution in [3.8, 4) is 0 Å². The van der Waals surface area contributed by atoms with Gasteiger partial charge in [-0.15, -0.1) is 0 Å². The van der Waals surface area contributed by atoms with Crippen LogP contribution in [0.4, 0.5) is 4.79 Å². The Morgan fingerprint density at radius 1 is 1.27 bits per heavy atom. The molecule has 4 N–H and O–H groups in total. The summed E-state index contributed by atoms with van der Waals surface area (Å²) in [7, 11) is 0. The summed E-state index contributed by atoms with van der Waals surface area (Å²) in [5, 5.41) is 0. The molecule has 1 unspecified atom stereocenters. The van der Waals surface area contributed by atoms with Gasteiger partial charge in [0.2, 0.25) is 0 Å². The van der Waals surface area contributed by atoms with Crippen molar-refractivity contribution in [1.29, 1.82) is 0 Å². The largest absolute Gasteiger partial charge is 0.412 e. The molecule has 0 saturated heterocycles. The molecule has 0 aliphatic heterocycles. The molecule has 0 aliphatic rings. The highest BCUT2D eigenvalue weighted by Crippen LogP contribution is 2.18. The Balaban J connectivity index is 2.92. The lowest BCUT2D eigenvalue weighted by Crippen LogP contribution is -2.44. The lowest BCUT2D eigenvalue weighted by molar-refractivity contribution is -0.143. The van der Waals surface area contributed by atoms with Gasteiger partial charge in [-0.25, -0.2) is 9.59 Å². The number of hydrogen-bond acceptors (Lipinski definition) is 4. The van der Waals surface area contributed by atoms with Gasteiger partial charge in [-0.3, -0.25) is 0 Å². The van der Waals surface area contributed by atoms with Crippen LogP contribution in [0.5, 0.6) is 0 Å². The first-order valence-electron chi connectivity index (χ1n) is 4.30. The van der Waals surface area contributed by atoms with Gasteiger partial charge in [0.15, 0.2) is 0 Å². The molecular formula is C10H12N2O3. The third-order valence-corrected chi connectivity index (χ3v) is 1.99. The molecule has 0 aromatic heterocycles. The first-order chi connectivity index (χ1) is 6.94. The minimum Gasteiger partial charge on any atom is -0.375 e. The number of rotatable bonds is 2. The van der Waals surface area contributed by atoms with Crippen LogP contribution in [0.1, 0.15) is 12.5 Å². The molecule has 1 aromatic rings. The van der Waals surface area contributed by atoms with Gasteiger partial charge in [-0.05, 0) is 12.5 Å². The lowest BCUT2D eigenvalue weighted by Gasteiger charge is -2.21. The molecule has 1 atom stereocenters. The molecule has 1 amide bonds. The molecule has 80 valence electrons.